The van der Waals surface area contributed by atoms with E-state index in [1.807, 2.05) is 0 Å². The molecule has 1 aromatic carbocycles. The Morgan fingerprint density at radius 2 is 1.12 bits per heavy atom. The molecule has 0 amide bonds. The summed E-state index contributed by atoms with van der Waals surface area (Å²) in [6.45, 7) is 4.96. The lowest BCUT2D eigenvalue weighted by molar-refractivity contribution is -0.137. The normalized spacial score (nSPS) is 9.97. The Labute approximate surface area is 203 Å². The fourth-order valence-corrected chi connectivity index (χ4v) is 2.49. The van der Waals surface area contributed by atoms with Crippen molar-refractivity contribution in [1.82, 2.24) is 0 Å². The lowest BCUT2D eigenvalue weighted by Gasteiger charge is -2.04. The lowest BCUT2D eigenvalue weighted by atomic mass is 10.1. The number of aromatic carboxylic acids is 1. The van der Waals surface area contributed by atoms with Crippen LogP contribution in [0.15, 0.2) is 30.3 Å². The number of ether oxygens (including phenoxy) is 3. The fourth-order valence-electron chi connectivity index (χ4n) is 2.49. The molecule has 4 N–H and O–H groups in total. The Morgan fingerprint density at radius 1 is 0.676 bits per heavy atom. The van der Waals surface area contributed by atoms with Crippen LogP contribution in [0.25, 0.3) is 0 Å². The largest absolute Gasteiger partial charge is 0.481 e. The molecule has 0 saturated carbocycles. The molecule has 34 heavy (non-hydrogen) atoms. The van der Waals surface area contributed by atoms with Gasteiger partial charge in [0.2, 0.25) is 0 Å². The molecule has 0 unspecified atom stereocenters. The van der Waals surface area contributed by atoms with Gasteiger partial charge in [0.15, 0.2) is 0 Å². The molecule has 0 radical (unpaired) electrons. The standard InChI is InChI=1S/C10H20O2.C8H18O5.C7H6O2/c1-2-3-4-5-6-7-8-9-10(11)12;9-1-3-11-5-7-13-8-6-12-4-2-10;8-7(9)6-4-2-1-3-5-6/h2-9H2,1H3,(H,11,12);9-10H,1-8H2;1-5H,(H,8,9). The van der Waals surface area contributed by atoms with E-state index in [1.165, 1.54) is 32.1 Å². The third-order valence-electron chi connectivity index (χ3n) is 4.23. The molecular weight excluding hydrogens is 444 g/mol. The highest BCUT2D eigenvalue weighted by atomic mass is 16.5. The van der Waals surface area contributed by atoms with Crippen LogP contribution in [0, 0.1) is 0 Å². The first-order valence-corrected chi connectivity index (χ1v) is 11.9. The van der Waals surface area contributed by atoms with Gasteiger partial charge in [-0.1, -0.05) is 63.6 Å². The summed E-state index contributed by atoms with van der Waals surface area (Å²) in [5, 5.41) is 33.5. The van der Waals surface area contributed by atoms with Gasteiger partial charge in [-0.2, -0.15) is 0 Å². The van der Waals surface area contributed by atoms with Crippen LogP contribution in [0.2, 0.25) is 0 Å². The van der Waals surface area contributed by atoms with E-state index in [0.29, 0.717) is 51.6 Å². The van der Waals surface area contributed by atoms with E-state index in [2.05, 4.69) is 6.92 Å². The van der Waals surface area contributed by atoms with E-state index in [0.717, 1.165) is 12.8 Å². The molecule has 9 heteroatoms. The molecule has 9 nitrogen and oxygen atoms in total. The number of rotatable bonds is 19. The van der Waals surface area contributed by atoms with Gasteiger partial charge in [-0.3, -0.25) is 4.79 Å². The first-order valence-electron chi connectivity index (χ1n) is 11.9. The highest BCUT2D eigenvalue weighted by Crippen LogP contribution is 2.07. The van der Waals surface area contributed by atoms with E-state index >= 15 is 0 Å². The van der Waals surface area contributed by atoms with Crippen molar-refractivity contribution in [3.63, 3.8) is 0 Å². The van der Waals surface area contributed by atoms with Gasteiger partial charge in [-0.05, 0) is 18.6 Å². The van der Waals surface area contributed by atoms with Crippen LogP contribution >= 0.6 is 0 Å². The zero-order valence-corrected chi connectivity index (χ0v) is 20.5. The van der Waals surface area contributed by atoms with Gasteiger partial charge >= 0.3 is 11.9 Å². The molecule has 0 aromatic heterocycles. The van der Waals surface area contributed by atoms with E-state index in [-0.39, 0.29) is 13.2 Å². The van der Waals surface area contributed by atoms with Crippen LogP contribution in [-0.4, -0.2) is 85.2 Å². The Morgan fingerprint density at radius 3 is 1.50 bits per heavy atom. The summed E-state index contributed by atoms with van der Waals surface area (Å²) in [5.41, 5.74) is 0.331. The summed E-state index contributed by atoms with van der Waals surface area (Å²) in [7, 11) is 0. The molecule has 0 aliphatic carbocycles. The van der Waals surface area contributed by atoms with Crippen LogP contribution in [-0.2, 0) is 19.0 Å². The number of hydrogen-bond acceptors (Lipinski definition) is 7. The molecule has 1 rings (SSSR count). The Hall–Kier alpha value is -2.04. The van der Waals surface area contributed by atoms with E-state index in [4.69, 9.17) is 34.6 Å². The lowest BCUT2D eigenvalue weighted by Crippen LogP contribution is -2.11. The van der Waals surface area contributed by atoms with Crippen molar-refractivity contribution in [3.8, 4) is 0 Å². The summed E-state index contributed by atoms with van der Waals surface area (Å²) >= 11 is 0. The van der Waals surface area contributed by atoms with Gasteiger partial charge in [-0.15, -0.1) is 0 Å². The minimum atomic E-state index is -0.879. The van der Waals surface area contributed by atoms with E-state index in [1.54, 1.807) is 30.3 Å². The summed E-state index contributed by atoms with van der Waals surface area (Å²) in [6, 6.07) is 8.30. The summed E-state index contributed by atoms with van der Waals surface area (Å²) < 4.78 is 15.0. The molecule has 0 heterocycles. The number of aliphatic hydroxyl groups is 2. The fraction of sp³-hybridized carbons (Fsp3) is 0.680. The maximum Gasteiger partial charge on any atom is 0.335 e. The molecule has 0 aliphatic heterocycles. The maximum atomic E-state index is 10.2. The van der Waals surface area contributed by atoms with Crippen LogP contribution in [0.3, 0.4) is 0 Å². The number of hydrogen-bond donors (Lipinski definition) is 4. The predicted octanol–water partition coefficient (Wildman–Crippen LogP) is 3.62. The predicted molar refractivity (Wildman–Crippen MR) is 130 cm³/mol. The van der Waals surface area contributed by atoms with Crippen LogP contribution < -0.4 is 0 Å². The number of carboxylic acid groups (broad SMARTS) is 2. The average molecular weight is 489 g/mol. The Balaban J connectivity index is 0. The summed E-state index contributed by atoms with van der Waals surface area (Å²) in [4.78, 5) is 20.3. The van der Waals surface area contributed by atoms with Crippen molar-refractivity contribution in [2.75, 3.05) is 52.9 Å². The number of benzene rings is 1. The first-order chi connectivity index (χ1) is 16.5. The molecule has 0 bridgehead atoms. The number of aliphatic carboxylic acids is 1. The van der Waals surface area contributed by atoms with Gasteiger partial charge in [0.1, 0.15) is 0 Å². The average Bonchev–Trinajstić information content (AvgIpc) is 2.84. The van der Waals surface area contributed by atoms with Crippen molar-refractivity contribution in [2.24, 2.45) is 0 Å². The molecule has 198 valence electrons. The van der Waals surface area contributed by atoms with Gasteiger partial charge in [0.25, 0.3) is 0 Å². The van der Waals surface area contributed by atoms with Crippen molar-refractivity contribution < 1.29 is 44.2 Å². The zero-order chi connectivity index (χ0) is 25.7. The van der Waals surface area contributed by atoms with Crippen molar-refractivity contribution >= 4 is 11.9 Å². The molecular formula is C25H44O9. The van der Waals surface area contributed by atoms with E-state index in [9.17, 15) is 9.59 Å². The number of carboxylic acids is 2. The Kier molecular flexibility index (Phi) is 29.1. The quantitative estimate of drug-likeness (QED) is 0.215. The number of unbranched alkanes of at least 4 members (excludes halogenated alkanes) is 6. The van der Waals surface area contributed by atoms with Gasteiger partial charge < -0.3 is 34.6 Å². The van der Waals surface area contributed by atoms with Gasteiger partial charge in [-0.25, -0.2) is 4.79 Å². The van der Waals surface area contributed by atoms with Gasteiger partial charge in [0.05, 0.1) is 58.4 Å². The molecule has 0 fully saturated rings. The van der Waals surface area contributed by atoms with Crippen molar-refractivity contribution in [1.29, 1.82) is 0 Å². The number of carbonyl (C=O) groups is 2. The van der Waals surface area contributed by atoms with Gasteiger partial charge in [0, 0.05) is 6.42 Å². The summed E-state index contributed by atoms with van der Waals surface area (Å²) in [6.07, 6.45) is 8.64. The second kappa shape index (κ2) is 29.0. The minimum absolute atomic E-state index is 0.0413. The second-order valence-electron chi connectivity index (χ2n) is 7.22. The monoisotopic (exact) mass is 488 g/mol. The Bertz CT molecular complexity index is 543. The number of aliphatic hydroxyl groups excluding tert-OH is 2. The third kappa shape index (κ3) is 30.0. The summed E-state index contributed by atoms with van der Waals surface area (Å²) in [5.74, 6) is -1.54. The third-order valence-corrected chi connectivity index (χ3v) is 4.23. The highest BCUT2D eigenvalue weighted by molar-refractivity contribution is 5.87. The topological polar surface area (TPSA) is 143 Å². The van der Waals surface area contributed by atoms with Crippen molar-refractivity contribution in [2.45, 2.75) is 58.3 Å². The smallest absolute Gasteiger partial charge is 0.335 e. The van der Waals surface area contributed by atoms with Crippen LogP contribution in [0.5, 0.6) is 0 Å². The second-order valence-corrected chi connectivity index (χ2v) is 7.22. The zero-order valence-electron chi connectivity index (χ0n) is 20.5. The molecule has 0 saturated heterocycles. The minimum Gasteiger partial charge on any atom is -0.481 e. The molecule has 1 aromatic rings. The van der Waals surface area contributed by atoms with Crippen molar-refractivity contribution in [3.05, 3.63) is 35.9 Å². The molecule has 0 aliphatic rings. The molecule has 0 atom stereocenters. The molecule has 0 spiro atoms. The van der Waals surface area contributed by atoms with Crippen LogP contribution in [0.4, 0.5) is 0 Å². The van der Waals surface area contributed by atoms with E-state index < -0.39 is 11.9 Å². The highest BCUT2D eigenvalue weighted by Gasteiger charge is 1.97. The van der Waals surface area contributed by atoms with Crippen LogP contribution in [0.1, 0.15) is 68.6 Å². The SMILES string of the molecule is CCCCCCCCCC(=O)O.O=C(O)c1ccccc1.OCCOCCOCCOCCO. The maximum absolute atomic E-state index is 10.2. The first kappa shape index (κ1) is 34.1.